The Labute approximate surface area is 106 Å². The van der Waals surface area contributed by atoms with E-state index in [-0.39, 0.29) is 17.6 Å². The van der Waals surface area contributed by atoms with E-state index in [0.29, 0.717) is 18.5 Å². The summed E-state index contributed by atoms with van der Waals surface area (Å²) >= 11 is 0. The van der Waals surface area contributed by atoms with Crippen molar-refractivity contribution >= 4 is 5.91 Å². The fourth-order valence-corrected chi connectivity index (χ4v) is 2.04. The Morgan fingerprint density at radius 1 is 1.56 bits per heavy atom. The Morgan fingerprint density at radius 2 is 2.39 bits per heavy atom. The molecule has 0 radical (unpaired) electrons. The highest BCUT2D eigenvalue weighted by Crippen LogP contribution is 2.10. The summed E-state index contributed by atoms with van der Waals surface area (Å²) in [6.45, 7) is 3.21. The number of hydrogen-bond acceptors (Lipinski definition) is 3. The molecule has 2 rings (SSSR count). The van der Waals surface area contributed by atoms with E-state index in [1.54, 1.807) is 6.07 Å². The van der Waals surface area contributed by atoms with Crippen molar-refractivity contribution in [2.24, 2.45) is 0 Å². The van der Waals surface area contributed by atoms with Crippen LogP contribution in [0.3, 0.4) is 0 Å². The maximum absolute atomic E-state index is 11.9. The van der Waals surface area contributed by atoms with E-state index in [0.717, 1.165) is 25.1 Å². The van der Waals surface area contributed by atoms with Crippen LogP contribution in [-0.4, -0.2) is 30.1 Å². The highest BCUT2D eigenvalue weighted by Gasteiger charge is 2.16. The Balaban J connectivity index is 1.99. The Morgan fingerprint density at radius 3 is 3.06 bits per heavy atom. The second kappa shape index (κ2) is 5.82. The molecular weight excluding hydrogens is 232 g/mol. The number of carbonyl (C=O) groups is 1. The van der Waals surface area contributed by atoms with Crippen LogP contribution in [0.2, 0.25) is 0 Å². The lowest BCUT2D eigenvalue weighted by atomic mass is 10.2. The van der Waals surface area contributed by atoms with Crippen molar-refractivity contribution in [1.82, 2.24) is 10.3 Å². The van der Waals surface area contributed by atoms with Crippen molar-refractivity contribution in [1.29, 1.82) is 0 Å². The minimum Gasteiger partial charge on any atom is -0.376 e. The van der Waals surface area contributed by atoms with Crippen LogP contribution >= 0.6 is 0 Å². The third kappa shape index (κ3) is 3.20. The zero-order chi connectivity index (χ0) is 13.0. The molecule has 1 aliphatic heterocycles. The smallest absolute Gasteiger partial charge is 0.251 e. The Kier molecular flexibility index (Phi) is 4.15. The molecule has 1 aromatic heterocycles. The van der Waals surface area contributed by atoms with Gasteiger partial charge in [-0.25, -0.2) is 0 Å². The molecule has 5 nitrogen and oxygen atoms in total. The lowest BCUT2D eigenvalue weighted by Gasteiger charge is -2.11. The first kappa shape index (κ1) is 12.8. The summed E-state index contributed by atoms with van der Waals surface area (Å²) in [6, 6.07) is 3.04. The van der Waals surface area contributed by atoms with Gasteiger partial charge in [-0.1, -0.05) is 6.92 Å². The number of amides is 1. The van der Waals surface area contributed by atoms with Crippen molar-refractivity contribution in [2.75, 3.05) is 13.2 Å². The predicted octanol–water partition coefficient (Wildman–Crippen LogP) is 0.846. The number of rotatable bonds is 4. The molecule has 1 aliphatic rings. The van der Waals surface area contributed by atoms with Crippen LogP contribution in [0.25, 0.3) is 0 Å². The van der Waals surface area contributed by atoms with Gasteiger partial charge in [0, 0.05) is 30.5 Å². The molecule has 1 saturated heterocycles. The van der Waals surface area contributed by atoms with E-state index in [4.69, 9.17) is 4.74 Å². The molecule has 98 valence electrons. The zero-order valence-electron chi connectivity index (χ0n) is 10.5. The number of ether oxygens (including phenoxy) is 1. The third-order valence-electron chi connectivity index (χ3n) is 3.06. The lowest BCUT2D eigenvalue weighted by Crippen LogP contribution is -2.32. The number of aromatic amines is 1. The molecular formula is C13H18N2O3. The van der Waals surface area contributed by atoms with Gasteiger partial charge in [-0.2, -0.15) is 0 Å². The standard InChI is InChI=1S/C13H18N2O3/c1-2-10-6-9(7-12(16)15-10)13(17)14-8-11-4-3-5-18-11/h6-7,11H,2-5,8H2,1H3,(H,14,17)(H,15,16)/t11-/m0/s1. The van der Waals surface area contributed by atoms with Crippen LogP contribution in [0.1, 0.15) is 35.8 Å². The zero-order valence-corrected chi connectivity index (χ0v) is 10.5. The van der Waals surface area contributed by atoms with Gasteiger partial charge < -0.3 is 15.0 Å². The summed E-state index contributed by atoms with van der Waals surface area (Å²) in [6.07, 6.45) is 2.84. The molecule has 0 saturated carbocycles. The molecule has 0 aromatic carbocycles. The molecule has 18 heavy (non-hydrogen) atoms. The molecule has 0 spiro atoms. The van der Waals surface area contributed by atoms with E-state index in [1.165, 1.54) is 6.07 Å². The van der Waals surface area contributed by atoms with Crippen molar-refractivity contribution in [3.8, 4) is 0 Å². The maximum atomic E-state index is 11.9. The number of pyridine rings is 1. The number of aryl methyl sites for hydroxylation is 1. The van der Waals surface area contributed by atoms with Crippen molar-refractivity contribution in [3.63, 3.8) is 0 Å². The fourth-order valence-electron chi connectivity index (χ4n) is 2.04. The summed E-state index contributed by atoms with van der Waals surface area (Å²) in [4.78, 5) is 26.0. The summed E-state index contributed by atoms with van der Waals surface area (Å²) in [5.74, 6) is -0.216. The van der Waals surface area contributed by atoms with Crippen LogP contribution < -0.4 is 10.9 Å². The molecule has 1 amide bonds. The number of aromatic nitrogens is 1. The van der Waals surface area contributed by atoms with Gasteiger partial charge >= 0.3 is 0 Å². The first-order valence-corrected chi connectivity index (χ1v) is 6.32. The van der Waals surface area contributed by atoms with Gasteiger partial charge in [-0.15, -0.1) is 0 Å². The van der Waals surface area contributed by atoms with E-state index in [1.807, 2.05) is 6.92 Å². The van der Waals surface area contributed by atoms with Gasteiger partial charge in [0.25, 0.3) is 5.91 Å². The number of nitrogens with one attached hydrogen (secondary N) is 2. The minimum absolute atomic E-state index is 0.113. The van der Waals surface area contributed by atoms with Crippen molar-refractivity contribution in [2.45, 2.75) is 32.3 Å². The van der Waals surface area contributed by atoms with E-state index in [9.17, 15) is 9.59 Å². The topological polar surface area (TPSA) is 71.2 Å². The molecule has 0 aliphatic carbocycles. The van der Waals surface area contributed by atoms with Gasteiger partial charge in [0.05, 0.1) is 6.10 Å². The van der Waals surface area contributed by atoms with Gasteiger partial charge in [0.1, 0.15) is 0 Å². The Hall–Kier alpha value is -1.62. The number of carbonyl (C=O) groups excluding carboxylic acids is 1. The number of H-pyrrole nitrogens is 1. The second-order valence-electron chi connectivity index (χ2n) is 4.46. The summed E-state index contributed by atoms with van der Waals surface area (Å²) in [7, 11) is 0. The lowest BCUT2D eigenvalue weighted by molar-refractivity contribution is 0.0857. The average Bonchev–Trinajstić information content (AvgIpc) is 2.88. The fraction of sp³-hybridized carbons (Fsp3) is 0.538. The number of hydrogen-bond donors (Lipinski definition) is 2. The highest BCUT2D eigenvalue weighted by atomic mass is 16.5. The van der Waals surface area contributed by atoms with Crippen LogP contribution in [0.5, 0.6) is 0 Å². The highest BCUT2D eigenvalue weighted by molar-refractivity contribution is 5.94. The molecule has 1 atom stereocenters. The molecule has 5 heteroatoms. The van der Waals surface area contributed by atoms with Gasteiger partial charge in [-0.05, 0) is 25.3 Å². The predicted molar refractivity (Wildman–Crippen MR) is 67.7 cm³/mol. The summed E-state index contributed by atoms with van der Waals surface area (Å²) in [5.41, 5.74) is 0.940. The summed E-state index contributed by atoms with van der Waals surface area (Å²) < 4.78 is 5.43. The van der Waals surface area contributed by atoms with E-state index >= 15 is 0 Å². The van der Waals surface area contributed by atoms with Gasteiger partial charge in [0.15, 0.2) is 0 Å². The second-order valence-corrected chi connectivity index (χ2v) is 4.46. The quantitative estimate of drug-likeness (QED) is 0.832. The largest absolute Gasteiger partial charge is 0.376 e. The van der Waals surface area contributed by atoms with E-state index < -0.39 is 0 Å². The first-order valence-electron chi connectivity index (χ1n) is 6.32. The monoisotopic (exact) mass is 250 g/mol. The normalized spacial score (nSPS) is 18.8. The van der Waals surface area contributed by atoms with Crippen molar-refractivity contribution < 1.29 is 9.53 Å². The third-order valence-corrected chi connectivity index (χ3v) is 3.06. The van der Waals surface area contributed by atoms with Crippen LogP contribution in [0.4, 0.5) is 0 Å². The first-order chi connectivity index (χ1) is 8.69. The van der Waals surface area contributed by atoms with E-state index in [2.05, 4.69) is 10.3 Å². The van der Waals surface area contributed by atoms with Crippen LogP contribution in [-0.2, 0) is 11.2 Å². The van der Waals surface area contributed by atoms with Crippen LogP contribution in [0, 0.1) is 0 Å². The molecule has 1 aromatic rings. The maximum Gasteiger partial charge on any atom is 0.251 e. The molecule has 2 heterocycles. The SMILES string of the molecule is CCc1cc(C(=O)NC[C@@H]2CCCO2)cc(=O)[nH]1. The molecule has 0 unspecified atom stereocenters. The molecule has 2 N–H and O–H groups in total. The van der Waals surface area contributed by atoms with Gasteiger partial charge in [-0.3, -0.25) is 9.59 Å². The minimum atomic E-state index is -0.239. The van der Waals surface area contributed by atoms with Crippen molar-refractivity contribution in [3.05, 3.63) is 33.7 Å². The van der Waals surface area contributed by atoms with Gasteiger partial charge in [0.2, 0.25) is 5.56 Å². The Bertz CT molecular complexity index is 475. The summed E-state index contributed by atoms with van der Waals surface area (Å²) in [5, 5.41) is 2.80. The molecule has 1 fully saturated rings. The molecule has 0 bridgehead atoms. The van der Waals surface area contributed by atoms with Crippen LogP contribution in [0.15, 0.2) is 16.9 Å². The average molecular weight is 250 g/mol.